The fourth-order valence-electron chi connectivity index (χ4n) is 1.24. The molecule has 0 saturated heterocycles. The van der Waals surface area contributed by atoms with E-state index in [1.165, 1.54) is 19.6 Å². The second-order valence-corrected chi connectivity index (χ2v) is 5.39. The summed E-state index contributed by atoms with van der Waals surface area (Å²) in [6.45, 7) is 0.328. The van der Waals surface area contributed by atoms with Crippen molar-refractivity contribution in [3.63, 3.8) is 0 Å². The third kappa shape index (κ3) is 4.43. The van der Waals surface area contributed by atoms with Gasteiger partial charge in [-0.2, -0.15) is 0 Å². The minimum absolute atomic E-state index is 0.0266. The molecule has 0 saturated carbocycles. The number of methoxy groups -OCH3 is 1. The SMILES string of the molecule is COCC(O)CCNS(=O)(=O)c1cn(C)cn1. The van der Waals surface area contributed by atoms with Crippen LogP contribution in [0.25, 0.3) is 0 Å². The van der Waals surface area contributed by atoms with Crippen molar-refractivity contribution in [2.24, 2.45) is 7.05 Å². The van der Waals surface area contributed by atoms with Crippen LogP contribution < -0.4 is 4.72 Å². The largest absolute Gasteiger partial charge is 0.391 e. The smallest absolute Gasteiger partial charge is 0.259 e. The average Bonchev–Trinajstić information content (AvgIpc) is 2.65. The van der Waals surface area contributed by atoms with E-state index in [4.69, 9.17) is 4.74 Å². The zero-order chi connectivity index (χ0) is 12.9. The highest BCUT2D eigenvalue weighted by molar-refractivity contribution is 7.89. The third-order valence-electron chi connectivity index (χ3n) is 2.09. The van der Waals surface area contributed by atoms with Crippen molar-refractivity contribution in [1.82, 2.24) is 14.3 Å². The molecular formula is C9H17N3O4S. The van der Waals surface area contributed by atoms with Crippen molar-refractivity contribution in [1.29, 1.82) is 0 Å². The van der Waals surface area contributed by atoms with Gasteiger partial charge in [0.25, 0.3) is 10.0 Å². The van der Waals surface area contributed by atoms with Crippen LogP contribution in [0.1, 0.15) is 6.42 Å². The number of aryl methyl sites for hydroxylation is 1. The number of imidazole rings is 1. The maximum absolute atomic E-state index is 11.7. The molecule has 2 N–H and O–H groups in total. The standard InChI is InChI=1S/C9H17N3O4S/c1-12-5-9(10-7-12)17(14,15)11-4-3-8(13)6-16-2/h5,7-8,11,13H,3-4,6H2,1-2H3. The van der Waals surface area contributed by atoms with Crippen molar-refractivity contribution >= 4 is 10.0 Å². The van der Waals surface area contributed by atoms with Gasteiger partial charge >= 0.3 is 0 Å². The molecule has 0 aromatic carbocycles. The van der Waals surface area contributed by atoms with Crippen LogP contribution in [-0.2, 0) is 21.8 Å². The number of hydrogen-bond donors (Lipinski definition) is 2. The lowest BCUT2D eigenvalue weighted by Gasteiger charge is -2.09. The summed E-state index contributed by atoms with van der Waals surface area (Å²) in [4.78, 5) is 3.75. The number of ether oxygens (including phenoxy) is 1. The highest BCUT2D eigenvalue weighted by atomic mass is 32.2. The van der Waals surface area contributed by atoms with Gasteiger partial charge in [0.15, 0.2) is 5.03 Å². The Kier molecular flexibility index (Phi) is 5.06. The topological polar surface area (TPSA) is 93.5 Å². The molecule has 0 aliphatic heterocycles. The van der Waals surface area contributed by atoms with E-state index < -0.39 is 16.1 Å². The zero-order valence-corrected chi connectivity index (χ0v) is 10.6. The van der Waals surface area contributed by atoms with Crippen LogP contribution in [0.5, 0.6) is 0 Å². The Bertz CT molecular complexity index is 443. The van der Waals surface area contributed by atoms with Gasteiger partial charge < -0.3 is 14.4 Å². The molecule has 7 nitrogen and oxygen atoms in total. The second kappa shape index (κ2) is 6.10. The maximum atomic E-state index is 11.7. The molecule has 0 fully saturated rings. The minimum Gasteiger partial charge on any atom is -0.391 e. The summed E-state index contributed by atoms with van der Waals surface area (Å²) in [6.07, 6.45) is 2.44. The Hall–Kier alpha value is -0.960. The molecule has 1 atom stereocenters. The first-order valence-electron chi connectivity index (χ1n) is 5.10. The highest BCUT2D eigenvalue weighted by Gasteiger charge is 2.16. The van der Waals surface area contributed by atoms with E-state index in [1.54, 1.807) is 11.6 Å². The van der Waals surface area contributed by atoms with Gasteiger partial charge in [-0.25, -0.2) is 18.1 Å². The van der Waals surface area contributed by atoms with E-state index in [9.17, 15) is 13.5 Å². The van der Waals surface area contributed by atoms with Gasteiger partial charge in [-0.05, 0) is 6.42 Å². The molecule has 0 amide bonds. The van der Waals surface area contributed by atoms with Gasteiger partial charge in [0, 0.05) is 26.9 Å². The van der Waals surface area contributed by atoms with Gasteiger partial charge in [0.1, 0.15) is 0 Å². The minimum atomic E-state index is -3.58. The lowest BCUT2D eigenvalue weighted by molar-refractivity contribution is 0.0603. The molecule has 1 aromatic heterocycles. The molecule has 0 aliphatic carbocycles. The first-order valence-corrected chi connectivity index (χ1v) is 6.58. The Morgan fingerprint density at radius 1 is 1.65 bits per heavy atom. The number of aliphatic hydroxyl groups is 1. The summed E-state index contributed by atoms with van der Waals surface area (Å²) >= 11 is 0. The maximum Gasteiger partial charge on any atom is 0.259 e. The Labute approximate surface area is 100 Å². The first kappa shape index (κ1) is 14.1. The fraction of sp³-hybridized carbons (Fsp3) is 0.667. The number of nitrogens with zero attached hydrogens (tertiary/aromatic N) is 2. The Balaban J connectivity index is 2.46. The molecule has 0 spiro atoms. The van der Waals surface area contributed by atoms with Crippen molar-refractivity contribution in [3.8, 4) is 0 Å². The molecule has 1 heterocycles. The van der Waals surface area contributed by atoms with Crippen molar-refractivity contribution in [3.05, 3.63) is 12.5 Å². The predicted octanol–water partition coefficient (Wildman–Crippen LogP) is -0.904. The van der Waals surface area contributed by atoms with Crippen LogP contribution in [0, 0.1) is 0 Å². The molecule has 8 heteroatoms. The van der Waals surface area contributed by atoms with E-state index in [1.807, 2.05) is 0 Å². The summed E-state index contributed by atoms with van der Waals surface area (Å²) in [5.41, 5.74) is 0. The number of aromatic nitrogens is 2. The van der Waals surface area contributed by atoms with Gasteiger partial charge in [0.05, 0.1) is 19.0 Å². The summed E-state index contributed by atoms with van der Waals surface area (Å²) in [5.74, 6) is 0. The zero-order valence-electron chi connectivity index (χ0n) is 9.83. The number of aliphatic hydroxyl groups excluding tert-OH is 1. The number of sulfonamides is 1. The molecule has 1 aromatic rings. The van der Waals surface area contributed by atoms with Crippen LogP contribution in [0.3, 0.4) is 0 Å². The number of nitrogens with one attached hydrogen (secondary N) is 1. The fourth-order valence-corrected chi connectivity index (χ4v) is 2.26. The van der Waals surface area contributed by atoms with Crippen LogP contribution in [0.4, 0.5) is 0 Å². The molecule has 17 heavy (non-hydrogen) atoms. The lowest BCUT2D eigenvalue weighted by Crippen LogP contribution is -2.28. The van der Waals surface area contributed by atoms with E-state index in [2.05, 4.69) is 9.71 Å². The van der Waals surface area contributed by atoms with E-state index in [0.717, 1.165) is 0 Å². The second-order valence-electron chi connectivity index (χ2n) is 3.67. The van der Waals surface area contributed by atoms with E-state index >= 15 is 0 Å². The predicted molar refractivity (Wildman–Crippen MR) is 60.9 cm³/mol. The van der Waals surface area contributed by atoms with Gasteiger partial charge in [0.2, 0.25) is 0 Å². The van der Waals surface area contributed by atoms with E-state index in [-0.39, 0.29) is 18.2 Å². The van der Waals surface area contributed by atoms with Gasteiger partial charge in [-0.3, -0.25) is 0 Å². The van der Waals surface area contributed by atoms with E-state index in [0.29, 0.717) is 6.42 Å². The molecule has 1 unspecified atom stereocenters. The monoisotopic (exact) mass is 263 g/mol. The Morgan fingerprint density at radius 3 is 2.88 bits per heavy atom. The molecule has 1 rings (SSSR count). The lowest BCUT2D eigenvalue weighted by atomic mass is 10.3. The molecule has 0 radical (unpaired) electrons. The molecular weight excluding hydrogens is 246 g/mol. The summed E-state index contributed by atoms with van der Waals surface area (Å²) in [5, 5.41) is 9.31. The first-order chi connectivity index (χ1) is 7.95. The highest BCUT2D eigenvalue weighted by Crippen LogP contribution is 2.03. The molecule has 0 aliphatic rings. The average molecular weight is 263 g/mol. The molecule has 98 valence electrons. The quantitative estimate of drug-likeness (QED) is 0.664. The summed E-state index contributed by atoms with van der Waals surface area (Å²) in [7, 11) is -0.422. The number of hydrogen-bond acceptors (Lipinski definition) is 5. The van der Waals surface area contributed by atoms with Crippen LogP contribution in [-0.4, -0.2) is 49.4 Å². The van der Waals surface area contributed by atoms with Crippen molar-refractivity contribution < 1.29 is 18.3 Å². The number of rotatable bonds is 7. The molecule has 0 bridgehead atoms. The van der Waals surface area contributed by atoms with Crippen LogP contribution in [0.15, 0.2) is 17.6 Å². The van der Waals surface area contributed by atoms with Gasteiger partial charge in [-0.15, -0.1) is 0 Å². The van der Waals surface area contributed by atoms with Crippen molar-refractivity contribution in [2.75, 3.05) is 20.3 Å². The third-order valence-corrected chi connectivity index (χ3v) is 3.43. The summed E-state index contributed by atoms with van der Waals surface area (Å²) < 4.78 is 32.0. The summed E-state index contributed by atoms with van der Waals surface area (Å²) in [6, 6.07) is 0. The van der Waals surface area contributed by atoms with Gasteiger partial charge in [-0.1, -0.05) is 0 Å². The normalized spacial score (nSPS) is 13.8. The van der Waals surface area contributed by atoms with Crippen LogP contribution in [0.2, 0.25) is 0 Å². The van der Waals surface area contributed by atoms with Crippen molar-refractivity contribution in [2.45, 2.75) is 17.6 Å². The van der Waals surface area contributed by atoms with Crippen LogP contribution >= 0.6 is 0 Å². The Morgan fingerprint density at radius 2 is 2.35 bits per heavy atom.